The van der Waals surface area contributed by atoms with Gasteiger partial charge in [-0.05, 0) is 46.7 Å². The van der Waals surface area contributed by atoms with Crippen LogP contribution in [0.4, 0.5) is 5.82 Å². The average Bonchev–Trinajstić information content (AvgIpc) is 2.46. The molecule has 0 aliphatic rings. The van der Waals surface area contributed by atoms with E-state index in [2.05, 4.69) is 46.7 Å². The second kappa shape index (κ2) is 7.65. The Morgan fingerprint density at radius 1 is 1.33 bits per heavy atom. The van der Waals surface area contributed by atoms with E-state index in [-0.39, 0.29) is 0 Å². The quantitative estimate of drug-likeness (QED) is 0.520. The molecule has 0 aliphatic heterocycles. The van der Waals surface area contributed by atoms with Gasteiger partial charge in [0.1, 0.15) is 11.6 Å². The van der Waals surface area contributed by atoms with Crippen LogP contribution in [0.1, 0.15) is 31.3 Å². The van der Waals surface area contributed by atoms with Crippen LogP contribution >= 0.6 is 46.0 Å². The van der Waals surface area contributed by atoms with E-state index in [0.29, 0.717) is 5.92 Å². The summed E-state index contributed by atoms with van der Waals surface area (Å²) in [6.45, 7) is 4.30. The molecule has 0 saturated heterocycles. The standard InChI is InChI=1S/C15H17ClIN3S/c1-9(2)14-13(17)15(18-3)20-12(19-14)8-21-11-6-4-5-10(16)7-11/h4-7,9H,8H2,1-3H3,(H,18,19,20). The molecule has 0 spiro atoms. The van der Waals surface area contributed by atoms with Crippen molar-refractivity contribution in [1.29, 1.82) is 0 Å². The number of nitrogens with zero attached hydrogens (tertiary/aromatic N) is 2. The number of halogens is 2. The lowest BCUT2D eigenvalue weighted by Gasteiger charge is -2.13. The molecule has 0 aliphatic carbocycles. The molecule has 0 atom stereocenters. The van der Waals surface area contributed by atoms with Crippen molar-refractivity contribution >= 4 is 51.8 Å². The van der Waals surface area contributed by atoms with E-state index >= 15 is 0 Å². The fraction of sp³-hybridized carbons (Fsp3) is 0.333. The van der Waals surface area contributed by atoms with Crippen molar-refractivity contribution < 1.29 is 0 Å². The van der Waals surface area contributed by atoms with Gasteiger partial charge < -0.3 is 5.32 Å². The first-order valence-electron chi connectivity index (χ1n) is 6.63. The molecule has 6 heteroatoms. The topological polar surface area (TPSA) is 37.8 Å². The van der Waals surface area contributed by atoms with Gasteiger partial charge in [-0.3, -0.25) is 0 Å². The van der Waals surface area contributed by atoms with Crippen LogP contribution in [0.15, 0.2) is 29.2 Å². The molecule has 3 nitrogen and oxygen atoms in total. The largest absolute Gasteiger partial charge is 0.372 e. The zero-order chi connectivity index (χ0) is 15.4. The van der Waals surface area contributed by atoms with E-state index in [0.717, 1.165) is 36.6 Å². The molecule has 1 N–H and O–H groups in total. The maximum absolute atomic E-state index is 6.01. The molecule has 0 saturated carbocycles. The molecule has 112 valence electrons. The number of nitrogens with one attached hydrogen (secondary N) is 1. The monoisotopic (exact) mass is 433 g/mol. The molecule has 1 heterocycles. The Hall–Kier alpha value is -0.530. The van der Waals surface area contributed by atoms with Gasteiger partial charge >= 0.3 is 0 Å². The van der Waals surface area contributed by atoms with Gasteiger partial charge in [0.15, 0.2) is 0 Å². The SMILES string of the molecule is CNc1nc(CSc2cccc(Cl)c2)nc(C(C)C)c1I. The predicted molar refractivity (Wildman–Crippen MR) is 99.4 cm³/mol. The molecule has 0 unspecified atom stereocenters. The van der Waals surface area contributed by atoms with Crippen LogP contribution in [0.25, 0.3) is 0 Å². The molecular formula is C15H17ClIN3S. The maximum Gasteiger partial charge on any atom is 0.143 e. The third kappa shape index (κ3) is 4.47. The van der Waals surface area contributed by atoms with Crippen molar-refractivity contribution in [2.45, 2.75) is 30.4 Å². The maximum atomic E-state index is 6.01. The van der Waals surface area contributed by atoms with Gasteiger partial charge in [0, 0.05) is 17.0 Å². The summed E-state index contributed by atoms with van der Waals surface area (Å²) in [5, 5.41) is 3.90. The van der Waals surface area contributed by atoms with E-state index < -0.39 is 0 Å². The number of anilines is 1. The highest BCUT2D eigenvalue weighted by Gasteiger charge is 2.14. The first kappa shape index (κ1) is 16.8. The molecule has 0 fully saturated rings. The van der Waals surface area contributed by atoms with Crippen LogP contribution in [-0.4, -0.2) is 17.0 Å². The van der Waals surface area contributed by atoms with E-state index in [4.69, 9.17) is 16.6 Å². The summed E-state index contributed by atoms with van der Waals surface area (Å²) >= 11 is 10.0. The highest BCUT2D eigenvalue weighted by Crippen LogP contribution is 2.28. The van der Waals surface area contributed by atoms with E-state index in [1.165, 1.54) is 0 Å². The Morgan fingerprint density at radius 2 is 2.10 bits per heavy atom. The Balaban J connectivity index is 2.22. The van der Waals surface area contributed by atoms with Gasteiger partial charge in [-0.15, -0.1) is 11.8 Å². The summed E-state index contributed by atoms with van der Waals surface area (Å²) in [5.74, 6) is 2.84. The fourth-order valence-corrected chi connectivity index (χ4v) is 4.03. The van der Waals surface area contributed by atoms with Crippen molar-refractivity contribution in [3.63, 3.8) is 0 Å². The van der Waals surface area contributed by atoms with Crippen molar-refractivity contribution in [2.75, 3.05) is 12.4 Å². The first-order valence-corrected chi connectivity index (χ1v) is 9.08. The van der Waals surface area contributed by atoms with Crippen LogP contribution in [0.3, 0.4) is 0 Å². The molecular weight excluding hydrogens is 417 g/mol. The summed E-state index contributed by atoms with van der Waals surface area (Å²) in [6.07, 6.45) is 0. The van der Waals surface area contributed by atoms with Gasteiger partial charge in [0.2, 0.25) is 0 Å². The number of aromatic nitrogens is 2. The highest BCUT2D eigenvalue weighted by atomic mass is 127. The Labute approximate surface area is 148 Å². The van der Waals surface area contributed by atoms with Crippen LogP contribution in [0.5, 0.6) is 0 Å². The number of rotatable bonds is 5. The smallest absolute Gasteiger partial charge is 0.143 e. The van der Waals surface area contributed by atoms with Crippen LogP contribution in [0, 0.1) is 3.57 Å². The zero-order valence-electron chi connectivity index (χ0n) is 12.2. The molecule has 0 bridgehead atoms. The van der Waals surface area contributed by atoms with Crippen molar-refractivity contribution in [1.82, 2.24) is 9.97 Å². The average molecular weight is 434 g/mol. The summed E-state index contributed by atoms with van der Waals surface area (Å²) in [6, 6.07) is 7.84. The van der Waals surface area contributed by atoms with Gasteiger partial charge in [-0.1, -0.05) is 31.5 Å². The second-order valence-electron chi connectivity index (χ2n) is 4.84. The van der Waals surface area contributed by atoms with Gasteiger partial charge in [-0.25, -0.2) is 9.97 Å². The molecule has 1 aromatic heterocycles. The van der Waals surface area contributed by atoms with Crippen LogP contribution in [0.2, 0.25) is 5.02 Å². The molecule has 21 heavy (non-hydrogen) atoms. The minimum absolute atomic E-state index is 0.377. The number of hydrogen-bond donors (Lipinski definition) is 1. The van der Waals surface area contributed by atoms with E-state index in [1.54, 1.807) is 11.8 Å². The summed E-state index contributed by atoms with van der Waals surface area (Å²) in [4.78, 5) is 10.4. The molecule has 0 radical (unpaired) electrons. The summed E-state index contributed by atoms with van der Waals surface area (Å²) < 4.78 is 1.10. The molecule has 1 aromatic carbocycles. The second-order valence-corrected chi connectivity index (χ2v) is 7.40. The lowest BCUT2D eigenvalue weighted by atomic mass is 10.1. The van der Waals surface area contributed by atoms with Gasteiger partial charge in [0.05, 0.1) is 15.0 Å². The minimum atomic E-state index is 0.377. The predicted octanol–water partition coefficient (Wildman–Crippen LogP) is 5.19. The number of thioether (sulfide) groups is 1. The zero-order valence-corrected chi connectivity index (χ0v) is 15.9. The summed E-state index contributed by atoms with van der Waals surface area (Å²) in [7, 11) is 1.89. The van der Waals surface area contributed by atoms with Gasteiger partial charge in [-0.2, -0.15) is 0 Å². The Bertz CT molecular complexity index is 634. The van der Waals surface area contributed by atoms with Crippen molar-refractivity contribution in [2.24, 2.45) is 0 Å². The highest BCUT2D eigenvalue weighted by molar-refractivity contribution is 14.1. The van der Waals surface area contributed by atoms with Crippen LogP contribution < -0.4 is 5.32 Å². The fourth-order valence-electron chi connectivity index (χ4n) is 1.83. The minimum Gasteiger partial charge on any atom is -0.372 e. The van der Waals surface area contributed by atoms with E-state index in [9.17, 15) is 0 Å². The lowest BCUT2D eigenvalue weighted by molar-refractivity contribution is 0.792. The lowest BCUT2D eigenvalue weighted by Crippen LogP contribution is -2.08. The normalized spacial score (nSPS) is 11.0. The number of hydrogen-bond acceptors (Lipinski definition) is 4. The van der Waals surface area contributed by atoms with Crippen molar-refractivity contribution in [3.05, 3.63) is 44.4 Å². The van der Waals surface area contributed by atoms with Crippen LogP contribution in [-0.2, 0) is 5.75 Å². The van der Waals surface area contributed by atoms with E-state index in [1.807, 2.05) is 31.3 Å². The van der Waals surface area contributed by atoms with Gasteiger partial charge in [0.25, 0.3) is 0 Å². The third-order valence-electron chi connectivity index (χ3n) is 2.87. The number of benzene rings is 1. The first-order chi connectivity index (χ1) is 10.0. The third-order valence-corrected chi connectivity index (χ3v) is 5.16. The molecule has 2 rings (SSSR count). The summed E-state index contributed by atoms with van der Waals surface area (Å²) in [5.41, 5.74) is 1.09. The Kier molecular flexibility index (Phi) is 6.13. The molecule has 2 aromatic rings. The Morgan fingerprint density at radius 3 is 2.71 bits per heavy atom. The molecule has 0 amide bonds. The van der Waals surface area contributed by atoms with Crippen molar-refractivity contribution in [3.8, 4) is 0 Å².